The summed E-state index contributed by atoms with van der Waals surface area (Å²) in [6, 6.07) is 4.63. The van der Waals surface area contributed by atoms with Crippen molar-refractivity contribution in [2.75, 3.05) is 33.3 Å². The van der Waals surface area contributed by atoms with Crippen LogP contribution in [0, 0.1) is 0 Å². The van der Waals surface area contributed by atoms with Crippen molar-refractivity contribution in [3.8, 4) is 5.75 Å². The van der Waals surface area contributed by atoms with Crippen molar-refractivity contribution >= 4 is 34.0 Å². The third-order valence-corrected chi connectivity index (χ3v) is 5.21. The highest BCUT2D eigenvalue weighted by Gasteiger charge is 2.28. The molecule has 1 saturated heterocycles. The highest BCUT2D eigenvalue weighted by atomic mass is 35.5. The molecule has 1 N–H and O–H groups in total. The molecule has 8 heteroatoms. The Morgan fingerprint density at radius 2 is 1.95 bits per heavy atom. The summed E-state index contributed by atoms with van der Waals surface area (Å²) in [5, 5.41) is 3.33. The van der Waals surface area contributed by atoms with Gasteiger partial charge in [0.25, 0.3) is 0 Å². The van der Waals surface area contributed by atoms with Crippen molar-refractivity contribution in [1.82, 2.24) is 9.62 Å². The second kappa shape index (κ2) is 6.76. The molecule has 0 atom stereocenters. The first-order valence-electron chi connectivity index (χ1n) is 5.60. The molecule has 1 aromatic carbocycles. The van der Waals surface area contributed by atoms with Crippen molar-refractivity contribution in [2.24, 2.45) is 0 Å². The van der Waals surface area contributed by atoms with Gasteiger partial charge < -0.3 is 10.1 Å². The van der Waals surface area contributed by atoms with E-state index in [-0.39, 0.29) is 22.3 Å². The lowest BCUT2D eigenvalue weighted by Gasteiger charge is -2.27. The van der Waals surface area contributed by atoms with E-state index >= 15 is 0 Å². The minimum atomic E-state index is -3.54. The van der Waals surface area contributed by atoms with Crippen LogP contribution in [0.2, 0.25) is 5.02 Å². The van der Waals surface area contributed by atoms with Gasteiger partial charge in [0, 0.05) is 32.2 Å². The van der Waals surface area contributed by atoms with E-state index in [1.807, 2.05) is 0 Å². The van der Waals surface area contributed by atoms with Crippen molar-refractivity contribution < 1.29 is 13.2 Å². The van der Waals surface area contributed by atoms with Crippen LogP contribution in [0.25, 0.3) is 0 Å². The molecule has 1 aliphatic heterocycles. The average molecular weight is 327 g/mol. The zero-order chi connectivity index (χ0) is 13.2. The monoisotopic (exact) mass is 326 g/mol. The second-order valence-electron chi connectivity index (χ2n) is 3.95. The van der Waals surface area contributed by atoms with Crippen LogP contribution in [0.1, 0.15) is 0 Å². The fourth-order valence-electron chi connectivity index (χ4n) is 1.83. The lowest BCUT2D eigenvalue weighted by molar-refractivity contribution is 0.359. The van der Waals surface area contributed by atoms with Crippen LogP contribution >= 0.6 is 24.0 Å². The molecule has 0 amide bonds. The number of methoxy groups -OCH3 is 1. The molecule has 1 fully saturated rings. The number of nitrogens with one attached hydrogen (secondary N) is 1. The van der Waals surface area contributed by atoms with E-state index < -0.39 is 10.0 Å². The molecule has 19 heavy (non-hydrogen) atoms. The number of nitrogens with zero attached hydrogens (tertiary/aromatic N) is 1. The molecule has 1 aromatic rings. The van der Waals surface area contributed by atoms with Gasteiger partial charge in [0.05, 0.1) is 12.1 Å². The summed E-state index contributed by atoms with van der Waals surface area (Å²) in [5.74, 6) is 0.480. The predicted octanol–water partition coefficient (Wildman–Crippen LogP) is 1.36. The Morgan fingerprint density at radius 3 is 2.53 bits per heavy atom. The van der Waals surface area contributed by atoms with Gasteiger partial charge in [-0.1, -0.05) is 11.6 Å². The maximum atomic E-state index is 12.4. The molecule has 0 spiro atoms. The normalized spacial score (nSPS) is 16.7. The largest absolute Gasteiger partial charge is 0.497 e. The van der Waals surface area contributed by atoms with Crippen molar-refractivity contribution in [3.05, 3.63) is 23.2 Å². The highest BCUT2D eigenvalue weighted by molar-refractivity contribution is 7.89. The van der Waals surface area contributed by atoms with Gasteiger partial charge in [0.2, 0.25) is 10.0 Å². The van der Waals surface area contributed by atoms with Gasteiger partial charge in [-0.2, -0.15) is 4.31 Å². The summed E-state index contributed by atoms with van der Waals surface area (Å²) >= 11 is 5.98. The van der Waals surface area contributed by atoms with Gasteiger partial charge in [-0.15, -0.1) is 12.4 Å². The molecule has 0 unspecified atom stereocenters. The van der Waals surface area contributed by atoms with Crippen molar-refractivity contribution in [1.29, 1.82) is 0 Å². The van der Waals surface area contributed by atoms with Crippen LogP contribution in [-0.2, 0) is 10.0 Å². The molecular formula is C11H16Cl2N2O3S. The van der Waals surface area contributed by atoms with Crippen molar-refractivity contribution in [3.63, 3.8) is 0 Å². The summed E-state index contributed by atoms with van der Waals surface area (Å²) in [6.07, 6.45) is 0. The maximum Gasteiger partial charge on any atom is 0.244 e. The molecule has 0 saturated carbocycles. The first-order valence-corrected chi connectivity index (χ1v) is 7.42. The average Bonchev–Trinajstić information content (AvgIpc) is 2.40. The Balaban J connectivity index is 0.00000180. The number of benzene rings is 1. The zero-order valence-corrected chi connectivity index (χ0v) is 12.8. The van der Waals surface area contributed by atoms with Gasteiger partial charge in [0.1, 0.15) is 10.6 Å². The first kappa shape index (κ1) is 16.5. The van der Waals surface area contributed by atoms with Crippen molar-refractivity contribution in [2.45, 2.75) is 4.90 Å². The molecule has 0 aliphatic carbocycles. The lowest BCUT2D eigenvalue weighted by Crippen LogP contribution is -2.46. The minimum absolute atomic E-state index is 0. The minimum Gasteiger partial charge on any atom is -0.497 e. The fraction of sp³-hybridized carbons (Fsp3) is 0.455. The fourth-order valence-corrected chi connectivity index (χ4v) is 3.76. The summed E-state index contributed by atoms with van der Waals surface area (Å²) in [4.78, 5) is 0.102. The molecule has 108 valence electrons. The SMILES string of the molecule is COc1ccc(Cl)c(S(=O)(=O)N2CCNCC2)c1.Cl. The predicted molar refractivity (Wildman–Crippen MR) is 76.9 cm³/mol. The van der Waals surface area contributed by atoms with Crippen LogP contribution in [-0.4, -0.2) is 46.0 Å². The van der Waals surface area contributed by atoms with E-state index in [2.05, 4.69) is 5.32 Å². The summed E-state index contributed by atoms with van der Waals surface area (Å²) in [7, 11) is -2.05. The second-order valence-corrected chi connectivity index (χ2v) is 6.26. The molecular weight excluding hydrogens is 311 g/mol. The first-order chi connectivity index (χ1) is 8.55. The van der Waals surface area contributed by atoms with Crippen LogP contribution in [0.5, 0.6) is 5.75 Å². The smallest absolute Gasteiger partial charge is 0.244 e. The summed E-state index contributed by atoms with van der Waals surface area (Å²) in [6.45, 7) is 2.22. The van der Waals surface area contributed by atoms with Gasteiger partial charge >= 0.3 is 0 Å². The topological polar surface area (TPSA) is 58.6 Å². The maximum absolute atomic E-state index is 12.4. The Hall–Kier alpha value is -0.530. The zero-order valence-electron chi connectivity index (χ0n) is 10.4. The standard InChI is InChI=1S/C11H15ClN2O3S.ClH/c1-17-9-2-3-10(12)11(8-9)18(15,16)14-6-4-13-5-7-14;/h2-3,8,13H,4-7H2,1H3;1H. The van der Waals surface area contributed by atoms with Gasteiger partial charge in [-0.25, -0.2) is 8.42 Å². The van der Waals surface area contributed by atoms with E-state index in [4.69, 9.17) is 16.3 Å². The summed E-state index contributed by atoms with van der Waals surface area (Å²) in [5.41, 5.74) is 0. The number of hydrogen-bond acceptors (Lipinski definition) is 4. The third-order valence-electron chi connectivity index (χ3n) is 2.83. The number of piperazine rings is 1. The van der Waals surface area contributed by atoms with E-state index in [1.165, 1.54) is 23.5 Å². The van der Waals surface area contributed by atoms with Crippen LogP contribution in [0.3, 0.4) is 0 Å². The molecule has 1 heterocycles. The Bertz CT molecular complexity index is 531. The van der Waals surface area contributed by atoms with Crippen LogP contribution < -0.4 is 10.1 Å². The molecule has 5 nitrogen and oxygen atoms in total. The highest BCUT2D eigenvalue weighted by Crippen LogP contribution is 2.28. The molecule has 0 radical (unpaired) electrons. The van der Waals surface area contributed by atoms with Crippen LogP contribution in [0.15, 0.2) is 23.1 Å². The van der Waals surface area contributed by atoms with E-state index in [0.29, 0.717) is 31.9 Å². The molecule has 0 aromatic heterocycles. The van der Waals surface area contributed by atoms with E-state index in [9.17, 15) is 8.42 Å². The van der Waals surface area contributed by atoms with Gasteiger partial charge in [-0.05, 0) is 12.1 Å². The Kier molecular flexibility index (Phi) is 5.88. The summed E-state index contributed by atoms with van der Waals surface area (Å²) < 4.78 is 31.3. The van der Waals surface area contributed by atoms with E-state index in [0.717, 1.165) is 0 Å². The molecule has 2 rings (SSSR count). The van der Waals surface area contributed by atoms with E-state index in [1.54, 1.807) is 6.07 Å². The van der Waals surface area contributed by atoms with Crippen LogP contribution in [0.4, 0.5) is 0 Å². The number of hydrogen-bond donors (Lipinski definition) is 1. The van der Waals surface area contributed by atoms with Gasteiger partial charge in [0.15, 0.2) is 0 Å². The van der Waals surface area contributed by atoms with Gasteiger partial charge in [-0.3, -0.25) is 0 Å². The molecule has 0 bridgehead atoms. The Morgan fingerprint density at radius 1 is 1.32 bits per heavy atom. The number of rotatable bonds is 3. The quantitative estimate of drug-likeness (QED) is 0.911. The number of halogens is 2. The number of ether oxygens (including phenoxy) is 1. The Labute approximate surface area is 124 Å². The number of sulfonamides is 1. The lowest BCUT2D eigenvalue weighted by atomic mass is 10.3. The third kappa shape index (κ3) is 3.52. The molecule has 1 aliphatic rings.